The Morgan fingerprint density at radius 3 is 2.23 bits per heavy atom. The minimum atomic E-state index is -2.20. The molecule has 2 saturated heterocycles. The summed E-state index contributed by atoms with van der Waals surface area (Å²) in [5.74, 6) is -1.11. The van der Waals surface area contributed by atoms with Crippen LogP contribution in [0.4, 0.5) is 4.79 Å². The van der Waals surface area contributed by atoms with Gasteiger partial charge in [0.05, 0.1) is 19.3 Å². The van der Waals surface area contributed by atoms with E-state index >= 15 is 0 Å². The fourth-order valence-electron chi connectivity index (χ4n) is 3.75. The van der Waals surface area contributed by atoms with Gasteiger partial charge in [0.1, 0.15) is 5.60 Å². The van der Waals surface area contributed by atoms with Crippen LogP contribution in [0.15, 0.2) is 0 Å². The van der Waals surface area contributed by atoms with Crippen molar-refractivity contribution < 1.29 is 38.1 Å². The van der Waals surface area contributed by atoms with Crippen LogP contribution in [-0.4, -0.2) is 79.5 Å². The average molecular weight is 462 g/mol. The Hall–Kier alpha value is -1.20. The lowest BCUT2D eigenvalue weighted by Crippen LogP contribution is -2.59. The quantitative estimate of drug-likeness (QED) is 0.476. The highest BCUT2D eigenvalue weighted by molar-refractivity contribution is 6.74. The summed E-state index contributed by atoms with van der Waals surface area (Å²) < 4.78 is 29.5. The van der Waals surface area contributed by atoms with E-state index in [1.807, 2.05) is 0 Å². The van der Waals surface area contributed by atoms with E-state index < -0.39 is 56.4 Å². The molecule has 0 aromatic carbocycles. The van der Waals surface area contributed by atoms with Crippen molar-refractivity contribution in [1.82, 2.24) is 4.90 Å². The maximum Gasteiger partial charge on any atom is 0.413 e. The number of rotatable bonds is 6. The smallest absolute Gasteiger partial charge is 0.413 e. The summed E-state index contributed by atoms with van der Waals surface area (Å²) in [5, 5.41) is 10.3. The van der Waals surface area contributed by atoms with Gasteiger partial charge in [-0.3, -0.25) is 9.69 Å². The molecule has 0 aliphatic carbocycles. The molecule has 0 aromatic rings. The first-order valence-corrected chi connectivity index (χ1v) is 13.6. The van der Waals surface area contributed by atoms with E-state index in [0.717, 1.165) is 0 Å². The second-order valence-corrected chi connectivity index (χ2v) is 16.0. The highest BCUT2D eigenvalue weighted by Gasteiger charge is 2.71. The van der Waals surface area contributed by atoms with E-state index in [1.165, 1.54) is 4.90 Å². The molecule has 0 spiro atoms. The van der Waals surface area contributed by atoms with Gasteiger partial charge < -0.3 is 28.5 Å². The number of hydrogen-bond donors (Lipinski definition) is 1. The molecule has 10 heteroatoms. The molecule has 4 atom stereocenters. The lowest BCUT2D eigenvalue weighted by atomic mass is 10.1. The molecule has 1 N–H and O–H groups in total. The molecule has 2 rings (SSSR count). The van der Waals surface area contributed by atoms with Gasteiger partial charge in [0.15, 0.2) is 26.3 Å². The van der Waals surface area contributed by atoms with Gasteiger partial charge in [0, 0.05) is 0 Å². The zero-order chi connectivity index (χ0) is 24.0. The maximum atomic E-state index is 13.3. The number of fused-ring (bicyclic) bond motifs is 1. The molecule has 2 heterocycles. The van der Waals surface area contributed by atoms with Crippen LogP contribution in [0, 0.1) is 0 Å². The largest absolute Gasteiger partial charge is 0.459 e. The number of nitrogens with zero attached hydrogens (tertiary/aromatic N) is 1. The lowest BCUT2D eigenvalue weighted by Gasteiger charge is -2.41. The van der Waals surface area contributed by atoms with Crippen LogP contribution >= 0.6 is 0 Å². The molecular weight excluding hydrogens is 422 g/mol. The average Bonchev–Trinajstić information content (AvgIpc) is 2.97. The Labute approximate surface area is 186 Å². The highest BCUT2D eigenvalue weighted by atomic mass is 28.4. The number of carbonyl (C=O) groups excluding carboxylic acids is 2. The number of likely N-dealkylation sites (tertiary alicyclic amines) is 1. The summed E-state index contributed by atoms with van der Waals surface area (Å²) in [6.07, 6.45) is -2.50. The first-order valence-electron chi connectivity index (χ1n) is 10.6. The van der Waals surface area contributed by atoms with Gasteiger partial charge in [-0.15, -0.1) is 0 Å². The third-order valence-corrected chi connectivity index (χ3v) is 10.6. The van der Waals surface area contributed by atoms with Crippen LogP contribution in [0.25, 0.3) is 0 Å². The van der Waals surface area contributed by atoms with Crippen LogP contribution in [0.5, 0.6) is 0 Å². The molecule has 2 fully saturated rings. The highest BCUT2D eigenvalue weighted by Crippen LogP contribution is 2.49. The van der Waals surface area contributed by atoms with Crippen LogP contribution < -0.4 is 0 Å². The van der Waals surface area contributed by atoms with Gasteiger partial charge in [0.25, 0.3) is 6.47 Å². The Morgan fingerprint density at radius 2 is 1.77 bits per heavy atom. The molecule has 0 aromatic heterocycles. The summed E-state index contributed by atoms with van der Waals surface area (Å²) in [6.45, 7) is 19.0. The zero-order valence-corrected chi connectivity index (χ0v) is 21.5. The molecule has 0 unspecified atom stereocenters. The van der Waals surface area contributed by atoms with E-state index in [0.29, 0.717) is 6.47 Å². The van der Waals surface area contributed by atoms with E-state index in [9.17, 15) is 14.7 Å². The van der Waals surface area contributed by atoms with Crippen molar-refractivity contribution in [2.75, 3.05) is 13.2 Å². The normalized spacial score (nSPS) is 30.8. The Bertz CT molecular complexity index is 684. The van der Waals surface area contributed by atoms with E-state index in [2.05, 4.69) is 33.9 Å². The predicted octanol–water partition coefficient (Wildman–Crippen LogP) is 3.01. The second kappa shape index (κ2) is 8.29. The van der Waals surface area contributed by atoms with Crippen LogP contribution in [0.2, 0.25) is 18.1 Å². The molecule has 0 radical (unpaired) electrons. The summed E-state index contributed by atoms with van der Waals surface area (Å²) in [4.78, 5) is 26.0. The van der Waals surface area contributed by atoms with Crippen molar-refractivity contribution in [3.05, 3.63) is 0 Å². The number of ether oxygens (including phenoxy) is 4. The standard InChI is InChI=1S/C21H39NO8Si/c1-18(2,3)29-17(25)22-14(11-27-31(9,10)19(4,5)6)15(26-13-24)16-21(22,12-23)30-20(7,8)28-16/h13-16,23H,11-12H2,1-10H3/t14-,15+,16-,21-/m0/s1. The van der Waals surface area contributed by atoms with Crippen molar-refractivity contribution in [2.45, 2.75) is 109 Å². The predicted molar refractivity (Wildman–Crippen MR) is 116 cm³/mol. The minimum Gasteiger partial charge on any atom is -0.459 e. The van der Waals surface area contributed by atoms with E-state index in [4.69, 9.17) is 23.4 Å². The minimum absolute atomic E-state index is 0.0666. The lowest BCUT2D eigenvalue weighted by molar-refractivity contribution is -0.218. The summed E-state index contributed by atoms with van der Waals surface area (Å²) >= 11 is 0. The van der Waals surface area contributed by atoms with Crippen LogP contribution in [-0.2, 0) is 28.2 Å². The molecule has 0 saturated carbocycles. The van der Waals surface area contributed by atoms with Crippen molar-refractivity contribution in [3.8, 4) is 0 Å². The van der Waals surface area contributed by atoms with Crippen molar-refractivity contribution in [2.24, 2.45) is 0 Å². The number of hydrogen-bond acceptors (Lipinski definition) is 8. The third kappa shape index (κ3) is 5.08. The Morgan fingerprint density at radius 1 is 1.19 bits per heavy atom. The number of aliphatic hydroxyl groups is 1. The first kappa shape index (κ1) is 26.1. The van der Waals surface area contributed by atoms with Gasteiger partial charge in [0.2, 0.25) is 5.72 Å². The topological polar surface area (TPSA) is 104 Å². The first-order chi connectivity index (χ1) is 13.9. The number of carbonyl (C=O) groups is 2. The van der Waals surface area contributed by atoms with E-state index in [-0.39, 0.29) is 11.6 Å². The van der Waals surface area contributed by atoms with Crippen LogP contribution in [0.1, 0.15) is 55.4 Å². The Balaban J connectivity index is 2.50. The van der Waals surface area contributed by atoms with Crippen molar-refractivity contribution >= 4 is 20.9 Å². The van der Waals surface area contributed by atoms with Crippen LogP contribution in [0.3, 0.4) is 0 Å². The fourth-order valence-corrected chi connectivity index (χ4v) is 4.77. The second-order valence-electron chi connectivity index (χ2n) is 11.2. The zero-order valence-electron chi connectivity index (χ0n) is 20.5. The molecule has 1 amide bonds. The fraction of sp³-hybridized carbons (Fsp3) is 0.905. The number of aliphatic hydroxyl groups excluding tert-OH is 1. The molecule has 180 valence electrons. The molecular formula is C21H39NO8Si. The van der Waals surface area contributed by atoms with Gasteiger partial charge in [-0.1, -0.05) is 20.8 Å². The Kier molecular flexibility index (Phi) is 6.97. The summed E-state index contributed by atoms with van der Waals surface area (Å²) in [6, 6.07) is -0.762. The SMILES string of the molecule is CC(C)(C)OC(=O)N1[C@@H](CO[Si](C)(C)C(C)(C)C)[C@@H](OC=O)[C@@H]2OC(C)(C)O[C@@]21CO. The molecule has 9 nitrogen and oxygen atoms in total. The molecule has 0 bridgehead atoms. The van der Waals surface area contributed by atoms with Crippen molar-refractivity contribution in [3.63, 3.8) is 0 Å². The van der Waals surface area contributed by atoms with Gasteiger partial charge in [-0.2, -0.15) is 0 Å². The van der Waals surface area contributed by atoms with Gasteiger partial charge >= 0.3 is 6.09 Å². The molecule has 2 aliphatic rings. The summed E-state index contributed by atoms with van der Waals surface area (Å²) in [7, 11) is -2.20. The molecule has 31 heavy (non-hydrogen) atoms. The number of amides is 1. The third-order valence-electron chi connectivity index (χ3n) is 6.15. The maximum absolute atomic E-state index is 13.3. The van der Waals surface area contributed by atoms with Crippen molar-refractivity contribution in [1.29, 1.82) is 0 Å². The van der Waals surface area contributed by atoms with Gasteiger partial charge in [-0.25, -0.2) is 4.79 Å². The molecule has 2 aliphatic heterocycles. The van der Waals surface area contributed by atoms with Gasteiger partial charge in [-0.05, 0) is 52.8 Å². The van der Waals surface area contributed by atoms with E-state index in [1.54, 1.807) is 34.6 Å². The monoisotopic (exact) mass is 461 g/mol. The summed E-state index contributed by atoms with van der Waals surface area (Å²) in [5.41, 5.74) is -2.35.